The molecule has 0 aliphatic carbocycles. The van der Waals surface area contributed by atoms with E-state index in [1.807, 2.05) is 27.7 Å². The Labute approximate surface area is 125 Å². The lowest BCUT2D eigenvalue weighted by Crippen LogP contribution is -2.16. The molecule has 0 unspecified atom stereocenters. The first kappa shape index (κ1) is 17.4. The molecule has 0 aliphatic rings. The quantitative estimate of drug-likeness (QED) is 0.456. The molecule has 0 radical (unpaired) electrons. The van der Waals surface area contributed by atoms with Crippen LogP contribution in [-0.2, 0) is 15.5 Å². The van der Waals surface area contributed by atoms with Crippen LogP contribution in [0.1, 0.15) is 46.1 Å². The van der Waals surface area contributed by atoms with Crippen LogP contribution in [0.15, 0.2) is 18.2 Å². The fourth-order valence-corrected chi connectivity index (χ4v) is 2.84. The molecule has 0 saturated heterocycles. The minimum atomic E-state index is -3.81. The summed E-state index contributed by atoms with van der Waals surface area (Å²) in [5.41, 5.74) is 0.139. The first-order chi connectivity index (χ1) is 9.57. The number of rotatable bonds is 6. The van der Waals surface area contributed by atoms with E-state index < -0.39 is 15.0 Å². The number of hydrogen-bond donors (Lipinski definition) is 0. The molecule has 0 saturated carbocycles. The summed E-state index contributed by atoms with van der Waals surface area (Å²) in [4.78, 5) is 10.5. The molecule has 0 aliphatic heterocycles. The Bertz CT molecular complexity index is 617. The van der Waals surface area contributed by atoms with E-state index in [-0.39, 0.29) is 22.6 Å². The van der Waals surface area contributed by atoms with Crippen molar-refractivity contribution >= 4 is 15.8 Å². The highest BCUT2D eigenvalue weighted by Gasteiger charge is 2.24. The number of nitro benzene ring substituents is 1. The second-order valence-corrected chi connectivity index (χ2v) is 7.58. The molecule has 0 aromatic heterocycles. The molecule has 21 heavy (non-hydrogen) atoms. The second-order valence-electron chi connectivity index (χ2n) is 5.89. The van der Waals surface area contributed by atoms with Gasteiger partial charge in [0, 0.05) is 6.07 Å². The summed E-state index contributed by atoms with van der Waals surface area (Å²) in [6.45, 7) is 7.62. The summed E-state index contributed by atoms with van der Waals surface area (Å²) >= 11 is 0. The maximum Gasteiger partial charge on any atom is 0.312 e. The van der Waals surface area contributed by atoms with Crippen molar-refractivity contribution in [3.63, 3.8) is 0 Å². The zero-order valence-electron chi connectivity index (χ0n) is 12.8. The van der Waals surface area contributed by atoms with Crippen molar-refractivity contribution in [2.75, 3.05) is 5.75 Å². The third-order valence-corrected chi connectivity index (χ3v) is 4.21. The maximum absolute atomic E-state index is 11.8. The summed E-state index contributed by atoms with van der Waals surface area (Å²) in [6.07, 6.45) is 1.16. The Morgan fingerprint density at radius 2 is 1.90 bits per heavy atom. The minimum absolute atomic E-state index is 0.151. The van der Waals surface area contributed by atoms with Crippen LogP contribution in [-0.4, -0.2) is 19.1 Å². The number of hydrogen-bond acceptors (Lipinski definition) is 5. The standard InChI is InChI=1S/C14H21NO5S/c1-5-6-9-21(18,19)20-13-8-7-11(14(2,3)4)10-12(13)15(16)17/h7-8,10H,5-6,9H2,1-4H3. The first-order valence-electron chi connectivity index (χ1n) is 6.78. The van der Waals surface area contributed by atoms with Crippen LogP contribution in [0.4, 0.5) is 5.69 Å². The van der Waals surface area contributed by atoms with Gasteiger partial charge in [0.15, 0.2) is 0 Å². The highest BCUT2D eigenvalue weighted by atomic mass is 32.2. The van der Waals surface area contributed by atoms with Crippen LogP contribution in [0.2, 0.25) is 0 Å². The predicted molar refractivity (Wildman–Crippen MR) is 81.1 cm³/mol. The molecule has 6 nitrogen and oxygen atoms in total. The normalized spacial score (nSPS) is 12.2. The predicted octanol–water partition coefficient (Wildman–Crippen LogP) is 3.40. The van der Waals surface area contributed by atoms with Gasteiger partial charge in [-0.3, -0.25) is 10.1 Å². The summed E-state index contributed by atoms with van der Waals surface area (Å²) in [6, 6.07) is 4.37. The second kappa shape index (κ2) is 6.43. The largest absolute Gasteiger partial charge is 0.375 e. The van der Waals surface area contributed by atoms with E-state index in [9.17, 15) is 18.5 Å². The van der Waals surface area contributed by atoms with Crippen molar-refractivity contribution in [1.82, 2.24) is 0 Å². The Balaban J connectivity index is 3.17. The van der Waals surface area contributed by atoms with Crippen LogP contribution < -0.4 is 4.18 Å². The molecule has 0 heterocycles. The van der Waals surface area contributed by atoms with Gasteiger partial charge in [0.1, 0.15) is 0 Å². The van der Waals surface area contributed by atoms with Crippen LogP contribution >= 0.6 is 0 Å². The number of nitro groups is 1. The van der Waals surface area contributed by atoms with Gasteiger partial charge < -0.3 is 4.18 Å². The number of unbranched alkanes of at least 4 members (excludes halogenated alkanes) is 1. The van der Waals surface area contributed by atoms with E-state index in [0.29, 0.717) is 12.8 Å². The highest BCUT2D eigenvalue weighted by molar-refractivity contribution is 7.87. The van der Waals surface area contributed by atoms with Crippen molar-refractivity contribution in [1.29, 1.82) is 0 Å². The molecular weight excluding hydrogens is 294 g/mol. The van der Waals surface area contributed by atoms with Gasteiger partial charge in [-0.05, 0) is 23.5 Å². The Morgan fingerprint density at radius 1 is 1.29 bits per heavy atom. The molecule has 118 valence electrons. The molecule has 0 amide bonds. The zero-order valence-corrected chi connectivity index (χ0v) is 13.6. The summed E-state index contributed by atoms with van der Waals surface area (Å²) in [5, 5.41) is 11.1. The minimum Gasteiger partial charge on any atom is -0.375 e. The third-order valence-electron chi connectivity index (χ3n) is 2.99. The lowest BCUT2D eigenvalue weighted by Gasteiger charge is -2.19. The molecular formula is C14H21NO5S. The van der Waals surface area contributed by atoms with Crippen LogP contribution in [0.3, 0.4) is 0 Å². The van der Waals surface area contributed by atoms with E-state index >= 15 is 0 Å². The van der Waals surface area contributed by atoms with E-state index in [1.165, 1.54) is 12.1 Å². The van der Waals surface area contributed by atoms with Gasteiger partial charge in [-0.1, -0.05) is 40.2 Å². The van der Waals surface area contributed by atoms with Crippen LogP contribution in [0, 0.1) is 10.1 Å². The topological polar surface area (TPSA) is 86.5 Å². The van der Waals surface area contributed by atoms with Gasteiger partial charge >= 0.3 is 15.8 Å². The molecule has 0 fully saturated rings. The van der Waals surface area contributed by atoms with Gasteiger partial charge in [-0.2, -0.15) is 8.42 Å². The Morgan fingerprint density at radius 3 is 2.38 bits per heavy atom. The van der Waals surface area contributed by atoms with Gasteiger partial charge in [0.25, 0.3) is 0 Å². The van der Waals surface area contributed by atoms with Crippen LogP contribution in [0.5, 0.6) is 5.75 Å². The average Bonchev–Trinajstić information content (AvgIpc) is 2.34. The van der Waals surface area contributed by atoms with Crippen molar-refractivity contribution < 1.29 is 17.5 Å². The van der Waals surface area contributed by atoms with Gasteiger partial charge in [0.05, 0.1) is 10.7 Å². The molecule has 0 spiro atoms. The fourth-order valence-electron chi connectivity index (χ4n) is 1.70. The highest BCUT2D eigenvalue weighted by Crippen LogP contribution is 2.33. The molecule has 1 aromatic carbocycles. The van der Waals surface area contributed by atoms with Crippen LogP contribution in [0.25, 0.3) is 0 Å². The maximum atomic E-state index is 11.8. The zero-order chi connectivity index (χ0) is 16.3. The molecule has 7 heteroatoms. The molecule has 0 bridgehead atoms. The number of benzene rings is 1. The van der Waals surface area contributed by atoms with Gasteiger partial charge in [-0.25, -0.2) is 0 Å². The van der Waals surface area contributed by atoms with E-state index in [1.54, 1.807) is 6.07 Å². The smallest absolute Gasteiger partial charge is 0.312 e. The van der Waals surface area contributed by atoms with Crippen molar-refractivity contribution in [3.8, 4) is 5.75 Å². The van der Waals surface area contributed by atoms with Crippen molar-refractivity contribution in [2.24, 2.45) is 0 Å². The average molecular weight is 315 g/mol. The number of nitrogens with zero attached hydrogens (tertiary/aromatic N) is 1. The fraction of sp³-hybridized carbons (Fsp3) is 0.571. The molecule has 0 atom stereocenters. The molecule has 1 aromatic rings. The summed E-state index contributed by atoms with van der Waals surface area (Å²) in [5.74, 6) is -0.383. The third kappa shape index (κ3) is 5.00. The Hall–Kier alpha value is -1.63. The summed E-state index contributed by atoms with van der Waals surface area (Å²) < 4.78 is 28.4. The molecule has 0 N–H and O–H groups in total. The lowest BCUT2D eigenvalue weighted by atomic mass is 9.87. The van der Waals surface area contributed by atoms with E-state index in [2.05, 4.69) is 0 Å². The SMILES string of the molecule is CCCCS(=O)(=O)Oc1ccc(C(C)(C)C)cc1[N+](=O)[O-]. The van der Waals surface area contributed by atoms with Gasteiger partial charge in [0.2, 0.25) is 5.75 Å². The Kier molecular flexibility index (Phi) is 5.33. The lowest BCUT2D eigenvalue weighted by molar-refractivity contribution is -0.385. The molecule has 1 rings (SSSR count). The monoisotopic (exact) mass is 315 g/mol. The summed E-state index contributed by atoms with van der Waals surface area (Å²) in [7, 11) is -3.81. The van der Waals surface area contributed by atoms with Crippen molar-refractivity contribution in [2.45, 2.75) is 46.0 Å². The van der Waals surface area contributed by atoms with E-state index in [4.69, 9.17) is 4.18 Å². The van der Waals surface area contributed by atoms with Crippen molar-refractivity contribution in [3.05, 3.63) is 33.9 Å². The first-order valence-corrected chi connectivity index (χ1v) is 8.35. The van der Waals surface area contributed by atoms with E-state index in [0.717, 1.165) is 5.56 Å². The van der Waals surface area contributed by atoms with Gasteiger partial charge in [-0.15, -0.1) is 0 Å².